The van der Waals surface area contributed by atoms with Crippen molar-refractivity contribution in [3.63, 3.8) is 0 Å². The molecular weight excluding hydrogens is 450 g/mol. The van der Waals surface area contributed by atoms with Gasteiger partial charge in [0.15, 0.2) is 0 Å². The number of aliphatic hydroxyl groups is 1. The van der Waals surface area contributed by atoms with E-state index in [2.05, 4.69) is 69.8 Å². The van der Waals surface area contributed by atoms with Crippen molar-refractivity contribution in [2.45, 2.75) is 19.6 Å². The minimum atomic E-state index is -0.588. The monoisotopic (exact) mass is 485 g/mol. The van der Waals surface area contributed by atoms with E-state index >= 15 is 0 Å². The van der Waals surface area contributed by atoms with Crippen LogP contribution in [0.5, 0.6) is 11.5 Å². The first-order valence-electron chi connectivity index (χ1n) is 12.6. The van der Waals surface area contributed by atoms with Crippen LogP contribution in [0.15, 0.2) is 72.8 Å². The molecule has 6 heteroatoms. The number of benzene rings is 3. The average molecular weight is 486 g/mol. The summed E-state index contributed by atoms with van der Waals surface area (Å²) in [5.41, 5.74) is 5.58. The van der Waals surface area contributed by atoms with Gasteiger partial charge in [0.2, 0.25) is 0 Å². The summed E-state index contributed by atoms with van der Waals surface area (Å²) < 4.78 is 13.4. The molecule has 4 aromatic rings. The third kappa shape index (κ3) is 4.79. The van der Waals surface area contributed by atoms with Gasteiger partial charge in [0.25, 0.3) is 0 Å². The van der Waals surface area contributed by atoms with E-state index in [0.717, 1.165) is 72.1 Å². The average Bonchev–Trinajstić information content (AvgIpc) is 3.19. The van der Waals surface area contributed by atoms with Crippen molar-refractivity contribution in [3.8, 4) is 11.5 Å². The van der Waals surface area contributed by atoms with Crippen molar-refractivity contribution in [2.75, 3.05) is 51.8 Å². The molecule has 0 aliphatic carbocycles. The molecule has 0 spiro atoms. The number of aromatic nitrogens is 1. The van der Waals surface area contributed by atoms with Gasteiger partial charge >= 0.3 is 0 Å². The molecule has 36 heavy (non-hydrogen) atoms. The van der Waals surface area contributed by atoms with Crippen LogP contribution < -0.4 is 14.4 Å². The molecule has 2 heterocycles. The SMILES string of the molecule is COc1ccc2c(c1)c([C@H](O)CN1CCN(c3ccccc3OC)CC1)c(C)n2Cc1ccccc1. The Bertz CT molecular complexity index is 1310. The molecule has 1 fully saturated rings. The second-order valence-corrected chi connectivity index (χ2v) is 9.43. The maximum atomic E-state index is 11.5. The number of anilines is 1. The maximum Gasteiger partial charge on any atom is 0.142 e. The fourth-order valence-electron chi connectivity index (χ4n) is 5.40. The lowest BCUT2D eigenvalue weighted by molar-refractivity contribution is 0.110. The molecule has 0 amide bonds. The highest BCUT2D eigenvalue weighted by atomic mass is 16.5. The fraction of sp³-hybridized carbons (Fsp3) is 0.333. The summed E-state index contributed by atoms with van der Waals surface area (Å²) in [5, 5.41) is 12.6. The molecule has 0 saturated carbocycles. The van der Waals surface area contributed by atoms with Crippen molar-refractivity contribution >= 4 is 16.6 Å². The van der Waals surface area contributed by atoms with Crippen molar-refractivity contribution in [2.24, 2.45) is 0 Å². The quantitative estimate of drug-likeness (QED) is 0.386. The van der Waals surface area contributed by atoms with Crippen LogP contribution in [0.25, 0.3) is 10.9 Å². The Hall–Kier alpha value is -3.48. The highest BCUT2D eigenvalue weighted by Gasteiger charge is 2.26. The number of piperazine rings is 1. The number of hydrogen-bond acceptors (Lipinski definition) is 5. The zero-order valence-corrected chi connectivity index (χ0v) is 21.4. The van der Waals surface area contributed by atoms with E-state index in [1.54, 1.807) is 14.2 Å². The maximum absolute atomic E-state index is 11.5. The Labute approximate surface area is 213 Å². The minimum absolute atomic E-state index is 0.588. The Kier molecular flexibility index (Phi) is 7.16. The van der Waals surface area contributed by atoms with E-state index in [4.69, 9.17) is 9.47 Å². The lowest BCUT2D eigenvalue weighted by Gasteiger charge is -2.37. The predicted octanol–water partition coefficient (Wildman–Crippen LogP) is 4.87. The molecule has 1 saturated heterocycles. The molecule has 1 atom stereocenters. The van der Waals surface area contributed by atoms with Gasteiger partial charge in [-0.2, -0.15) is 0 Å². The van der Waals surface area contributed by atoms with Crippen LogP contribution in [0.3, 0.4) is 0 Å². The number of hydrogen-bond donors (Lipinski definition) is 1. The Morgan fingerprint density at radius 1 is 0.861 bits per heavy atom. The Morgan fingerprint density at radius 2 is 1.58 bits per heavy atom. The summed E-state index contributed by atoms with van der Waals surface area (Å²) in [7, 11) is 3.41. The molecule has 1 N–H and O–H groups in total. The molecule has 0 bridgehead atoms. The second-order valence-electron chi connectivity index (χ2n) is 9.43. The molecule has 1 aromatic heterocycles. The van der Waals surface area contributed by atoms with E-state index in [1.807, 2.05) is 24.3 Å². The van der Waals surface area contributed by atoms with E-state index < -0.39 is 6.10 Å². The lowest BCUT2D eigenvalue weighted by Crippen LogP contribution is -2.47. The highest BCUT2D eigenvalue weighted by molar-refractivity contribution is 5.87. The van der Waals surface area contributed by atoms with E-state index in [0.29, 0.717) is 6.54 Å². The van der Waals surface area contributed by atoms with Gasteiger partial charge in [-0.3, -0.25) is 4.90 Å². The van der Waals surface area contributed by atoms with Crippen LogP contribution in [0.1, 0.15) is 22.9 Å². The number of para-hydroxylation sites is 2. The molecular formula is C30H35N3O3. The Morgan fingerprint density at radius 3 is 2.31 bits per heavy atom. The lowest BCUT2D eigenvalue weighted by atomic mass is 10.0. The van der Waals surface area contributed by atoms with E-state index in [-0.39, 0.29) is 0 Å². The van der Waals surface area contributed by atoms with Crippen LogP contribution in [-0.2, 0) is 6.54 Å². The fourth-order valence-corrected chi connectivity index (χ4v) is 5.40. The number of nitrogens with zero attached hydrogens (tertiary/aromatic N) is 3. The number of ether oxygens (including phenoxy) is 2. The first-order valence-corrected chi connectivity index (χ1v) is 12.6. The first-order chi connectivity index (χ1) is 17.6. The summed E-state index contributed by atoms with van der Waals surface area (Å²) in [6.07, 6.45) is -0.588. The van der Waals surface area contributed by atoms with Gasteiger partial charge in [-0.1, -0.05) is 42.5 Å². The van der Waals surface area contributed by atoms with E-state index in [1.165, 1.54) is 5.56 Å². The predicted molar refractivity (Wildman–Crippen MR) is 145 cm³/mol. The molecule has 0 radical (unpaired) electrons. The van der Waals surface area contributed by atoms with Gasteiger partial charge in [0.05, 0.1) is 26.0 Å². The normalized spacial score (nSPS) is 15.3. The molecule has 0 unspecified atom stereocenters. The molecule has 188 valence electrons. The molecule has 1 aliphatic rings. The minimum Gasteiger partial charge on any atom is -0.497 e. The van der Waals surface area contributed by atoms with Gasteiger partial charge in [0.1, 0.15) is 11.5 Å². The van der Waals surface area contributed by atoms with Gasteiger partial charge in [-0.05, 0) is 42.8 Å². The van der Waals surface area contributed by atoms with Crippen molar-refractivity contribution in [1.82, 2.24) is 9.47 Å². The zero-order valence-electron chi connectivity index (χ0n) is 21.4. The Balaban J connectivity index is 1.37. The van der Waals surface area contributed by atoms with Crippen molar-refractivity contribution in [3.05, 3.63) is 89.6 Å². The molecule has 3 aromatic carbocycles. The number of methoxy groups -OCH3 is 2. The summed E-state index contributed by atoms with van der Waals surface area (Å²) in [6.45, 7) is 7.06. The van der Waals surface area contributed by atoms with Crippen LogP contribution in [0.4, 0.5) is 5.69 Å². The second kappa shape index (κ2) is 10.6. The van der Waals surface area contributed by atoms with Crippen molar-refractivity contribution in [1.29, 1.82) is 0 Å². The number of β-amino-alcohol motifs (C(OH)–C–C–N with tert-alkyl or cyclic N) is 1. The zero-order chi connectivity index (χ0) is 25.1. The number of fused-ring (bicyclic) bond motifs is 1. The van der Waals surface area contributed by atoms with Gasteiger partial charge in [-0.25, -0.2) is 0 Å². The van der Waals surface area contributed by atoms with Gasteiger partial charge in [0, 0.05) is 61.4 Å². The highest BCUT2D eigenvalue weighted by Crippen LogP contribution is 2.35. The van der Waals surface area contributed by atoms with Crippen LogP contribution in [-0.4, -0.2) is 61.5 Å². The molecule has 5 rings (SSSR count). The topological polar surface area (TPSA) is 50.1 Å². The third-order valence-electron chi connectivity index (χ3n) is 7.33. The van der Waals surface area contributed by atoms with Gasteiger partial charge < -0.3 is 24.0 Å². The van der Waals surface area contributed by atoms with Crippen LogP contribution in [0.2, 0.25) is 0 Å². The van der Waals surface area contributed by atoms with E-state index in [9.17, 15) is 5.11 Å². The third-order valence-corrected chi connectivity index (χ3v) is 7.33. The molecule has 1 aliphatic heterocycles. The van der Waals surface area contributed by atoms with Crippen molar-refractivity contribution < 1.29 is 14.6 Å². The molecule has 6 nitrogen and oxygen atoms in total. The number of aliphatic hydroxyl groups excluding tert-OH is 1. The summed E-state index contributed by atoms with van der Waals surface area (Å²) in [5.74, 6) is 1.71. The summed E-state index contributed by atoms with van der Waals surface area (Å²) >= 11 is 0. The van der Waals surface area contributed by atoms with Crippen LogP contribution in [0, 0.1) is 6.92 Å². The summed E-state index contributed by atoms with van der Waals surface area (Å²) in [6, 6.07) is 24.8. The first kappa shape index (κ1) is 24.2. The van der Waals surface area contributed by atoms with Gasteiger partial charge in [-0.15, -0.1) is 0 Å². The standard InChI is InChI=1S/C30H35N3O3/c1-22-30(25-19-24(35-2)13-14-26(25)33(22)20-23-9-5-4-6-10-23)28(34)21-31-15-17-32(18-16-31)27-11-7-8-12-29(27)36-3/h4-14,19,28,34H,15-18,20-21H2,1-3H3/t28-/m1/s1. The summed E-state index contributed by atoms with van der Waals surface area (Å²) in [4.78, 5) is 4.72. The largest absolute Gasteiger partial charge is 0.497 e. The number of rotatable bonds is 8. The van der Waals surface area contributed by atoms with Crippen LogP contribution >= 0.6 is 0 Å². The smallest absolute Gasteiger partial charge is 0.142 e.